The SMILES string of the molecule is O=C(Nc1ccccc1Cl)C1N(CCCCO)C(=O)[C@@H]2[C@@H](C(=O)Nc3ccccc3)[C@H]3CCC12S3. The smallest absolute Gasteiger partial charge is 0.248 e. The number of unbranched alkanes of at least 4 members (excludes halogenated alkanes) is 1. The lowest BCUT2D eigenvalue weighted by Gasteiger charge is -2.34. The van der Waals surface area contributed by atoms with Gasteiger partial charge >= 0.3 is 0 Å². The number of fused-ring (bicyclic) bond motifs is 1. The molecule has 3 saturated heterocycles. The predicted molar refractivity (Wildman–Crippen MR) is 137 cm³/mol. The number of benzene rings is 2. The monoisotopic (exact) mass is 513 g/mol. The van der Waals surface area contributed by atoms with Gasteiger partial charge < -0.3 is 20.6 Å². The summed E-state index contributed by atoms with van der Waals surface area (Å²) in [5.41, 5.74) is 1.19. The number of anilines is 2. The Morgan fingerprint density at radius 1 is 1.06 bits per heavy atom. The molecule has 3 aliphatic heterocycles. The lowest BCUT2D eigenvalue weighted by molar-refractivity contribution is -0.138. The molecule has 2 unspecified atom stereocenters. The molecule has 0 saturated carbocycles. The molecule has 7 nitrogen and oxygen atoms in total. The van der Waals surface area contributed by atoms with Gasteiger partial charge in [0.05, 0.1) is 27.3 Å². The van der Waals surface area contributed by atoms with Crippen molar-refractivity contribution in [1.82, 2.24) is 4.90 Å². The van der Waals surface area contributed by atoms with E-state index in [1.54, 1.807) is 40.9 Å². The van der Waals surface area contributed by atoms with Gasteiger partial charge in [0, 0.05) is 24.1 Å². The first-order chi connectivity index (χ1) is 17.0. The van der Waals surface area contributed by atoms with Crippen molar-refractivity contribution in [3.05, 3.63) is 59.6 Å². The third-order valence-corrected chi connectivity index (χ3v) is 9.61. The quantitative estimate of drug-likeness (QED) is 0.467. The van der Waals surface area contributed by atoms with E-state index in [1.807, 2.05) is 30.3 Å². The van der Waals surface area contributed by atoms with Crippen molar-refractivity contribution >= 4 is 52.5 Å². The van der Waals surface area contributed by atoms with Gasteiger partial charge in [-0.25, -0.2) is 0 Å². The average Bonchev–Trinajstić information content (AvgIpc) is 3.49. The normalized spacial score (nSPS) is 28.7. The van der Waals surface area contributed by atoms with E-state index in [2.05, 4.69) is 10.6 Å². The van der Waals surface area contributed by atoms with Crippen molar-refractivity contribution in [2.24, 2.45) is 11.8 Å². The van der Waals surface area contributed by atoms with Crippen LogP contribution < -0.4 is 10.6 Å². The summed E-state index contributed by atoms with van der Waals surface area (Å²) in [6.07, 6.45) is 2.59. The summed E-state index contributed by atoms with van der Waals surface area (Å²) in [7, 11) is 0. The van der Waals surface area contributed by atoms with Gasteiger partial charge in [0.1, 0.15) is 6.04 Å². The summed E-state index contributed by atoms with van der Waals surface area (Å²) >= 11 is 7.92. The lowest BCUT2D eigenvalue weighted by atomic mass is 9.70. The van der Waals surface area contributed by atoms with Crippen molar-refractivity contribution < 1.29 is 19.5 Å². The number of carbonyl (C=O) groups excluding carboxylic acids is 3. The van der Waals surface area contributed by atoms with Crippen LogP contribution in [0.1, 0.15) is 25.7 Å². The molecule has 5 rings (SSSR count). The summed E-state index contributed by atoms with van der Waals surface area (Å²) in [5, 5.41) is 15.6. The molecule has 2 bridgehead atoms. The first-order valence-electron chi connectivity index (χ1n) is 12.0. The van der Waals surface area contributed by atoms with E-state index in [9.17, 15) is 19.5 Å². The fourth-order valence-electron chi connectivity index (χ4n) is 5.90. The third-order valence-electron chi connectivity index (χ3n) is 7.33. The van der Waals surface area contributed by atoms with E-state index in [1.165, 1.54) is 0 Å². The molecule has 0 aliphatic carbocycles. The van der Waals surface area contributed by atoms with E-state index in [0.29, 0.717) is 42.2 Å². The maximum absolute atomic E-state index is 13.8. The Hall–Kier alpha value is -2.55. The molecule has 0 aromatic heterocycles. The van der Waals surface area contributed by atoms with Gasteiger partial charge in [-0.1, -0.05) is 41.9 Å². The maximum atomic E-state index is 13.8. The highest BCUT2D eigenvalue weighted by Gasteiger charge is 2.73. The van der Waals surface area contributed by atoms with E-state index >= 15 is 0 Å². The third kappa shape index (κ3) is 4.21. The van der Waals surface area contributed by atoms with Crippen molar-refractivity contribution in [3.8, 4) is 0 Å². The van der Waals surface area contributed by atoms with Gasteiger partial charge in [-0.3, -0.25) is 14.4 Å². The fraction of sp³-hybridized carbons (Fsp3) is 0.423. The Bertz CT molecular complexity index is 1130. The highest BCUT2D eigenvalue weighted by molar-refractivity contribution is 8.02. The number of carbonyl (C=O) groups is 3. The number of rotatable bonds is 8. The van der Waals surface area contributed by atoms with Crippen LogP contribution >= 0.6 is 23.4 Å². The molecule has 3 aliphatic rings. The second-order valence-electron chi connectivity index (χ2n) is 9.34. The molecule has 184 valence electrons. The number of amides is 3. The molecule has 2 aromatic rings. The van der Waals surface area contributed by atoms with Crippen molar-refractivity contribution in [1.29, 1.82) is 0 Å². The number of thioether (sulfide) groups is 1. The van der Waals surface area contributed by atoms with Crippen molar-refractivity contribution in [3.63, 3.8) is 0 Å². The Balaban J connectivity index is 1.46. The van der Waals surface area contributed by atoms with Gasteiger partial charge in [0.25, 0.3) is 0 Å². The van der Waals surface area contributed by atoms with Gasteiger partial charge in [-0.2, -0.15) is 0 Å². The van der Waals surface area contributed by atoms with E-state index in [0.717, 1.165) is 6.42 Å². The number of hydrogen-bond acceptors (Lipinski definition) is 5. The molecule has 9 heteroatoms. The number of nitrogens with zero attached hydrogens (tertiary/aromatic N) is 1. The number of hydrogen-bond donors (Lipinski definition) is 3. The van der Waals surface area contributed by atoms with Crippen LogP contribution in [-0.2, 0) is 14.4 Å². The molecule has 3 fully saturated rings. The van der Waals surface area contributed by atoms with E-state index in [-0.39, 0.29) is 29.6 Å². The van der Waals surface area contributed by atoms with Crippen LogP contribution in [0.4, 0.5) is 11.4 Å². The summed E-state index contributed by atoms with van der Waals surface area (Å²) in [6.45, 7) is 0.378. The summed E-state index contributed by atoms with van der Waals surface area (Å²) in [5.74, 6) is -1.66. The molecule has 2 aromatic carbocycles. The zero-order chi connectivity index (χ0) is 24.6. The van der Waals surface area contributed by atoms with E-state index in [4.69, 9.17) is 11.6 Å². The van der Waals surface area contributed by atoms with Crippen LogP contribution in [0.3, 0.4) is 0 Å². The topological polar surface area (TPSA) is 98.7 Å². The number of likely N-dealkylation sites (tertiary alicyclic amines) is 1. The number of aliphatic hydroxyl groups excluding tert-OH is 1. The zero-order valence-corrected chi connectivity index (χ0v) is 20.7. The molecule has 5 atom stereocenters. The second kappa shape index (κ2) is 9.84. The molecule has 3 amide bonds. The fourth-order valence-corrected chi connectivity index (χ4v) is 8.30. The summed E-state index contributed by atoms with van der Waals surface area (Å²) in [6, 6.07) is 15.5. The Kier molecular flexibility index (Phi) is 6.79. The lowest BCUT2D eigenvalue weighted by Crippen LogP contribution is -2.51. The Morgan fingerprint density at radius 3 is 2.54 bits per heavy atom. The van der Waals surface area contributed by atoms with Crippen molar-refractivity contribution in [2.75, 3.05) is 23.8 Å². The van der Waals surface area contributed by atoms with Crippen LogP contribution in [0.5, 0.6) is 0 Å². The molecular weight excluding hydrogens is 486 g/mol. The highest BCUT2D eigenvalue weighted by atomic mass is 35.5. The van der Waals surface area contributed by atoms with Gasteiger partial charge in [-0.15, -0.1) is 11.8 Å². The van der Waals surface area contributed by atoms with Crippen LogP contribution in [0.25, 0.3) is 0 Å². The van der Waals surface area contributed by atoms with Gasteiger partial charge in [-0.05, 0) is 49.9 Å². The molecule has 3 N–H and O–H groups in total. The minimum atomic E-state index is -0.709. The number of halogens is 1. The summed E-state index contributed by atoms with van der Waals surface area (Å²) in [4.78, 5) is 42.6. The van der Waals surface area contributed by atoms with Crippen molar-refractivity contribution in [2.45, 2.75) is 41.7 Å². The van der Waals surface area contributed by atoms with Crippen LogP contribution in [0, 0.1) is 11.8 Å². The second-order valence-corrected chi connectivity index (χ2v) is 11.4. The average molecular weight is 514 g/mol. The minimum absolute atomic E-state index is 0.0112. The Labute approximate surface area is 213 Å². The molecule has 1 spiro atoms. The first kappa shape index (κ1) is 24.2. The highest BCUT2D eigenvalue weighted by Crippen LogP contribution is 2.66. The zero-order valence-electron chi connectivity index (χ0n) is 19.2. The largest absolute Gasteiger partial charge is 0.396 e. The standard InChI is InChI=1S/C26H28ClN3O4S/c27-17-10-4-5-11-18(17)29-24(33)22-26-13-12-19(35-26)20(23(32)28-16-8-2-1-3-9-16)21(26)25(34)30(22)14-6-7-15-31/h1-5,8-11,19-22,31H,6-7,12-15H2,(H,28,32)(H,29,33)/t19-,20+,21+,22?,26?/m1/s1. The number of para-hydroxylation sites is 2. The van der Waals surface area contributed by atoms with Gasteiger partial charge in [0.15, 0.2) is 0 Å². The molecule has 0 radical (unpaired) electrons. The van der Waals surface area contributed by atoms with Gasteiger partial charge in [0.2, 0.25) is 17.7 Å². The first-order valence-corrected chi connectivity index (χ1v) is 13.2. The van der Waals surface area contributed by atoms with Crippen LogP contribution in [-0.4, -0.2) is 56.9 Å². The predicted octanol–water partition coefficient (Wildman–Crippen LogP) is 3.78. The van der Waals surface area contributed by atoms with Crippen LogP contribution in [0.15, 0.2) is 54.6 Å². The Morgan fingerprint density at radius 2 is 1.80 bits per heavy atom. The van der Waals surface area contributed by atoms with E-state index < -0.39 is 22.6 Å². The maximum Gasteiger partial charge on any atom is 0.248 e. The summed E-state index contributed by atoms with van der Waals surface area (Å²) < 4.78 is -0.662. The molecule has 3 heterocycles. The minimum Gasteiger partial charge on any atom is -0.396 e. The molecular formula is C26H28ClN3O4S. The number of aliphatic hydroxyl groups is 1. The molecule has 35 heavy (non-hydrogen) atoms. The van der Waals surface area contributed by atoms with Crippen LogP contribution in [0.2, 0.25) is 5.02 Å². The number of nitrogens with one attached hydrogen (secondary N) is 2.